The standard InChI is InChI=1S/C21H20F2N6O2.C2HF3O2/c1-12-6-14(7-13-2-3-18(30)27-19(12)13)17-8-16(4-5-25-17)28-11-26-29(21(28)31)10-15(9-24)20(22)23;3-2(4,5)1(6)7/h4-8,11H,2-3,9-10,24H2,1H3,(H,27,30);(H,6,7). The number of nitrogens with two attached hydrogens (primary N) is 1. The maximum atomic E-state index is 12.9. The van der Waals surface area contributed by atoms with E-state index in [9.17, 15) is 31.5 Å². The highest BCUT2D eigenvalue weighted by Crippen LogP contribution is 2.32. The SMILES string of the molecule is Cc1cc(-c2cc(-n3cnn(CC(CN)=C(F)F)c3=O)ccn2)cc2c1NC(=O)CC2.O=C(O)C(F)(F)F. The normalized spacial score (nSPS) is 12.7. The van der Waals surface area contributed by atoms with Gasteiger partial charge in [-0.2, -0.15) is 27.1 Å². The van der Waals surface area contributed by atoms with Crippen LogP contribution in [0.5, 0.6) is 0 Å². The van der Waals surface area contributed by atoms with Gasteiger partial charge in [-0.3, -0.25) is 9.78 Å². The number of aryl methyl sites for hydroxylation is 2. The molecule has 3 heterocycles. The molecule has 0 bridgehead atoms. The van der Waals surface area contributed by atoms with Gasteiger partial charge in [0, 0.05) is 36.0 Å². The molecule has 0 saturated carbocycles. The second-order valence-corrected chi connectivity index (χ2v) is 8.09. The van der Waals surface area contributed by atoms with Gasteiger partial charge in [-0.05, 0) is 48.7 Å². The van der Waals surface area contributed by atoms with Crippen LogP contribution < -0.4 is 16.7 Å². The second kappa shape index (κ2) is 11.3. The smallest absolute Gasteiger partial charge is 0.475 e. The van der Waals surface area contributed by atoms with Crippen molar-refractivity contribution in [3.8, 4) is 16.9 Å². The van der Waals surface area contributed by atoms with Crippen molar-refractivity contribution in [2.24, 2.45) is 5.73 Å². The van der Waals surface area contributed by atoms with E-state index in [1.807, 2.05) is 19.1 Å². The quantitative estimate of drug-likeness (QED) is 0.422. The maximum absolute atomic E-state index is 12.9. The average molecular weight is 540 g/mol. The molecule has 0 aliphatic carbocycles. The van der Waals surface area contributed by atoms with Crippen LogP contribution in [-0.2, 0) is 22.6 Å². The van der Waals surface area contributed by atoms with Crippen LogP contribution in [0.4, 0.5) is 27.6 Å². The number of carbonyl (C=O) groups excluding carboxylic acids is 1. The highest BCUT2D eigenvalue weighted by Gasteiger charge is 2.38. The molecule has 0 saturated heterocycles. The number of carboxylic acids is 1. The molecule has 4 rings (SSSR count). The predicted octanol–water partition coefficient (Wildman–Crippen LogP) is 3.03. The van der Waals surface area contributed by atoms with Crippen molar-refractivity contribution in [2.45, 2.75) is 32.5 Å². The number of alkyl halides is 3. The number of rotatable bonds is 5. The van der Waals surface area contributed by atoms with E-state index in [0.29, 0.717) is 24.2 Å². The van der Waals surface area contributed by atoms with Crippen molar-refractivity contribution in [1.82, 2.24) is 19.3 Å². The fourth-order valence-electron chi connectivity index (χ4n) is 3.57. The number of carbonyl (C=O) groups is 2. The summed E-state index contributed by atoms with van der Waals surface area (Å²) in [6.45, 7) is 1.18. The van der Waals surface area contributed by atoms with Gasteiger partial charge >= 0.3 is 17.8 Å². The van der Waals surface area contributed by atoms with E-state index >= 15 is 0 Å². The number of aliphatic carboxylic acids is 1. The molecule has 1 aliphatic rings. The second-order valence-electron chi connectivity index (χ2n) is 8.09. The van der Waals surface area contributed by atoms with Gasteiger partial charge in [0.05, 0.1) is 17.9 Å². The molecule has 3 aromatic rings. The van der Waals surface area contributed by atoms with Gasteiger partial charge in [-0.15, -0.1) is 0 Å². The first-order chi connectivity index (χ1) is 17.8. The number of hydrogen-bond acceptors (Lipinski definition) is 6. The molecule has 15 heteroatoms. The Hall–Kier alpha value is -4.40. The summed E-state index contributed by atoms with van der Waals surface area (Å²) in [5, 5.41) is 14.0. The molecule has 0 atom stereocenters. The lowest BCUT2D eigenvalue weighted by Gasteiger charge is -2.20. The van der Waals surface area contributed by atoms with Gasteiger partial charge in [0.15, 0.2) is 0 Å². The number of amides is 1. The van der Waals surface area contributed by atoms with E-state index in [-0.39, 0.29) is 24.6 Å². The lowest BCUT2D eigenvalue weighted by molar-refractivity contribution is -0.192. The fraction of sp³-hybridized carbons (Fsp3) is 0.261. The van der Waals surface area contributed by atoms with Crippen LogP contribution >= 0.6 is 0 Å². The highest BCUT2D eigenvalue weighted by atomic mass is 19.4. The van der Waals surface area contributed by atoms with Crippen LogP contribution in [0.3, 0.4) is 0 Å². The summed E-state index contributed by atoms with van der Waals surface area (Å²) in [5.41, 5.74) is 9.19. The van der Waals surface area contributed by atoms with Crippen molar-refractivity contribution in [3.05, 3.63) is 70.1 Å². The summed E-state index contributed by atoms with van der Waals surface area (Å²) in [6.07, 6.45) is -3.08. The zero-order valence-electron chi connectivity index (χ0n) is 19.7. The summed E-state index contributed by atoms with van der Waals surface area (Å²) in [6, 6.07) is 7.26. The minimum atomic E-state index is -5.08. The first kappa shape index (κ1) is 28.2. The summed E-state index contributed by atoms with van der Waals surface area (Å²) < 4.78 is 59.7. The van der Waals surface area contributed by atoms with Gasteiger partial charge in [0.2, 0.25) is 5.91 Å². The molecule has 0 radical (unpaired) electrons. The molecule has 38 heavy (non-hydrogen) atoms. The molecule has 202 valence electrons. The maximum Gasteiger partial charge on any atom is 0.490 e. The number of aromatic nitrogens is 4. The first-order valence-corrected chi connectivity index (χ1v) is 10.9. The molecule has 10 nitrogen and oxygen atoms in total. The average Bonchev–Trinajstić information content (AvgIpc) is 3.22. The molecule has 1 amide bonds. The van der Waals surface area contributed by atoms with Gasteiger partial charge in [-0.1, -0.05) is 0 Å². The van der Waals surface area contributed by atoms with Crippen LogP contribution in [0.1, 0.15) is 17.5 Å². The minimum absolute atomic E-state index is 0.000129. The number of pyridine rings is 1. The summed E-state index contributed by atoms with van der Waals surface area (Å²) in [4.78, 5) is 37.6. The third kappa shape index (κ3) is 6.47. The molecule has 1 aromatic carbocycles. The third-order valence-corrected chi connectivity index (χ3v) is 5.45. The molecular weight excluding hydrogens is 519 g/mol. The summed E-state index contributed by atoms with van der Waals surface area (Å²) in [7, 11) is 0. The van der Waals surface area contributed by atoms with Gasteiger partial charge < -0.3 is 16.2 Å². The number of anilines is 1. The van der Waals surface area contributed by atoms with E-state index in [2.05, 4.69) is 15.4 Å². The largest absolute Gasteiger partial charge is 0.490 e. The van der Waals surface area contributed by atoms with Crippen molar-refractivity contribution in [2.75, 3.05) is 11.9 Å². The molecule has 0 spiro atoms. The lowest BCUT2D eigenvalue weighted by Crippen LogP contribution is -2.26. The van der Waals surface area contributed by atoms with E-state index < -0.39 is 23.9 Å². The third-order valence-electron chi connectivity index (χ3n) is 5.45. The Morgan fingerprint density at radius 3 is 2.47 bits per heavy atom. The number of nitrogens with zero attached hydrogens (tertiary/aromatic N) is 4. The van der Waals surface area contributed by atoms with Crippen LogP contribution in [0.2, 0.25) is 0 Å². The number of halogens is 5. The summed E-state index contributed by atoms with van der Waals surface area (Å²) in [5.74, 6) is -2.76. The van der Waals surface area contributed by atoms with Crippen molar-refractivity contribution in [3.63, 3.8) is 0 Å². The number of benzene rings is 1. The Balaban J connectivity index is 0.000000505. The first-order valence-electron chi connectivity index (χ1n) is 10.9. The topological polar surface area (TPSA) is 145 Å². The Bertz CT molecular complexity index is 1460. The van der Waals surface area contributed by atoms with E-state index in [1.165, 1.54) is 10.9 Å². The molecule has 2 aromatic heterocycles. The predicted molar refractivity (Wildman–Crippen MR) is 125 cm³/mol. The zero-order valence-corrected chi connectivity index (χ0v) is 19.7. The van der Waals surface area contributed by atoms with E-state index in [4.69, 9.17) is 15.6 Å². The van der Waals surface area contributed by atoms with Gasteiger partial charge in [0.1, 0.15) is 6.33 Å². The lowest BCUT2D eigenvalue weighted by atomic mass is 9.95. The van der Waals surface area contributed by atoms with Crippen molar-refractivity contribution in [1.29, 1.82) is 0 Å². The van der Waals surface area contributed by atoms with Crippen LogP contribution in [-0.4, -0.2) is 49.0 Å². The Kier molecular flexibility index (Phi) is 8.40. The van der Waals surface area contributed by atoms with Crippen molar-refractivity contribution < 1.29 is 36.6 Å². The Labute approximate surface area is 211 Å². The highest BCUT2D eigenvalue weighted by molar-refractivity contribution is 5.95. The Morgan fingerprint density at radius 1 is 1.18 bits per heavy atom. The zero-order chi connectivity index (χ0) is 28.2. The Morgan fingerprint density at radius 2 is 1.87 bits per heavy atom. The molecule has 0 unspecified atom stereocenters. The number of carboxylic acid groups (broad SMARTS) is 1. The van der Waals surface area contributed by atoms with Gasteiger partial charge in [-0.25, -0.2) is 18.8 Å². The molecular formula is C23H21F5N6O4. The number of hydrogen-bond donors (Lipinski definition) is 3. The minimum Gasteiger partial charge on any atom is -0.475 e. The summed E-state index contributed by atoms with van der Waals surface area (Å²) >= 11 is 0. The van der Waals surface area contributed by atoms with Crippen LogP contribution in [0.15, 0.2) is 53.2 Å². The fourth-order valence-corrected chi connectivity index (χ4v) is 3.57. The number of nitrogens with one attached hydrogen (secondary N) is 1. The molecule has 1 aliphatic heterocycles. The number of fused-ring (bicyclic) bond motifs is 1. The van der Waals surface area contributed by atoms with Crippen LogP contribution in [0.25, 0.3) is 16.9 Å². The van der Waals surface area contributed by atoms with E-state index in [1.54, 1.807) is 18.3 Å². The molecule has 4 N–H and O–H groups in total. The van der Waals surface area contributed by atoms with E-state index in [0.717, 1.165) is 27.1 Å². The van der Waals surface area contributed by atoms with Crippen molar-refractivity contribution >= 4 is 17.6 Å². The monoisotopic (exact) mass is 540 g/mol. The van der Waals surface area contributed by atoms with Crippen LogP contribution in [0, 0.1) is 6.92 Å². The van der Waals surface area contributed by atoms with Gasteiger partial charge in [0.25, 0.3) is 6.08 Å². The molecule has 0 fully saturated rings.